The van der Waals surface area contributed by atoms with Crippen LogP contribution < -0.4 is 4.74 Å². The lowest BCUT2D eigenvalue weighted by Crippen LogP contribution is -2.03. The van der Waals surface area contributed by atoms with Crippen LogP contribution in [-0.2, 0) is 20.2 Å². The van der Waals surface area contributed by atoms with E-state index in [4.69, 9.17) is 4.74 Å². The van der Waals surface area contributed by atoms with Gasteiger partial charge in [-0.3, -0.25) is 9.11 Å². The van der Waals surface area contributed by atoms with E-state index in [2.05, 4.69) is 10.2 Å². The third-order valence-corrected chi connectivity index (χ3v) is 6.25. The van der Waals surface area contributed by atoms with Crippen molar-refractivity contribution in [3.05, 3.63) is 53.6 Å². The van der Waals surface area contributed by atoms with Gasteiger partial charge in [-0.05, 0) is 43.2 Å². The summed E-state index contributed by atoms with van der Waals surface area (Å²) in [5.74, 6) is 0.584. The lowest BCUT2D eigenvalue weighted by molar-refractivity contribution is 0.411. The second-order valence-corrected chi connectivity index (χ2v) is 9.33. The summed E-state index contributed by atoms with van der Waals surface area (Å²) in [5.41, 5.74) is 2.09. The maximum absolute atomic E-state index is 11.9. The summed E-state index contributed by atoms with van der Waals surface area (Å²) in [6.07, 6.45) is 0. The predicted octanol–water partition coefficient (Wildman–Crippen LogP) is 4.37. The molecule has 158 valence electrons. The van der Waals surface area contributed by atoms with Crippen LogP contribution in [0.4, 0.5) is 11.4 Å². The number of rotatable bonds is 5. The van der Waals surface area contributed by atoms with Crippen LogP contribution in [0.3, 0.4) is 0 Å². The molecule has 3 aromatic rings. The average molecular weight is 450 g/mol. The molecule has 2 N–H and O–H groups in total. The van der Waals surface area contributed by atoms with Crippen LogP contribution in [0.1, 0.15) is 11.1 Å². The van der Waals surface area contributed by atoms with E-state index in [9.17, 15) is 25.9 Å². The summed E-state index contributed by atoms with van der Waals surface area (Å²) in [6.45, 7) is 3.67. The van der Waals surface area contributed by atoms with Crippen molar-refractivity contribution in [2.75, 3.05) is 7.11 Å². The first kappa shape index (κ1) is 21.8. The Morgan fingerprint density at radius 3 is 2.07 bits per heavy atom. The Morgan fingerprint density at radius 2 is 1.47 bits per heavy atom. The van der Waals surface area contributed by atoms with Crippen molar-refractivity contribution < 1.29 is 30.7 Å². The summed E-state index contributed by atoms with van der Waals surface area (Å²) in [4.78, 5) is -1.08. The fourth-order valence-electron chi connectivity index (χ4n) is 3.07. The van der Waals surface area contributed by atoms with Gasteiger partial charge in [0, 0.05) is 16.8 Å². The molecule has 0 aromatic heterocycles. The highest BCUT2D eigenvalue weighted by molar-refractivity contribution is 7.86. The van der Waals surface area contributed by atoms with Gasteiger partial charge < -0.3 is 4.74 Å². The molecule has 30 heavy (non-hydrogen) atoms. The number of azo groups is 1. The summed E-state index contributed by atoms with van der Waals surface area (Å²) in [7, 11) is -7.87. The molecule has 0 aliphatic rings. The molecule has 0 spiro atoms. The monoisotopic (exact) mass is 450 g/mol. The number of fused-ring (bicyclic) bond motifs is 1. The van der Waals surface area contributed by atoms with E-state index in [1.54, 1.807) is 13.0 Å². The number of hydrogen-bond donors (Lipinski definition) is 2. The van der Waals surface area contributed by atoms with Crippen molar-refractivity contribution in [1.29, 1.82) is 0 Å². The molecular weight excluding hydrogens is 432 g/mol. The minimum atomic E-state index is -4.72. The second kappa shape index (κ2) is 7.76. The predicted molar refractivity (Wildman–Crippen MR) is 110 cm³/mol. The highest BCUT2D eigenvalue weighted by atomic mass is 32.2. The van der Waals surface area contributed by atoms with Crippen LogP contribution in [0.2, 0.25) is 0 Å². The third-order valence-electron chi connectivity index (χ3n) is 4.45. The number of hydrogen-bond acceptors (Lipinski definition) is 7. The first-order chi connectivity index (χ1) is 13.9. The largest absolute Gasteiger partial charge is 0.496 e. The van der Waals surface area contributed by atoms with Gasteiger partial charge in [-0.2, -0.15) is 27.1 Å². The maximum Gasteiger partial charge on any atom is 0.295 e. The van der Waals surface area contributed by atoms with Crippen molar-refractivity contribution in [2.45, 2.75) is 23.6 Å². The van der Waals surface area contributed by atoms with Gasteiger partial charge in [0.1, 0.15) is 15.5 Å². The molecular formula is C19H18N2O7S2. The zero-order valence-corrected chi connectivity index (χ0v) is 17.8. The number of aryl methyl sites for hydroxylation is 2. The van der Waals surface area contributed by atoms with E-state index in [1.165, 1.54) is 25.3 Å². The summed E-state index contributed by atoms with van der Waals surface area (Å²) < 4.78 is 71.5. The lowest BCUT2D eigenvalue weighted by Gasteiger charge is -2.09. The van der Waals surface area contributed by atoms with Gasteiger partial charge in [-0.25, -0.2) is 0 Å². The highest BCUT2D eigenvalue weighted by Crippen LogP contribution is 2.35. The highest BCUT2D eigenvalue weighted by Gasteiger charge is 2.21. The lowest BCUT2D eigenvalue weighted by atomic mass is 10.1. The third kappa shape index (κ3) is 4.33. The molecule has 0 aliphatic carbocycles. The van der Waals surface area contributed by atoms with Crippen LogP contribution in [0.25, 0.3) is 10.8 Å². The van der Waals surface area contributed by atoms with Crippen molar-refractivity contribution in [3.63, 3.8) is 0 Å². The van der Waals surface area contributed by atoms with E-state index in [0.29, 0.717) is 11.4 Å². The molecule has 0 heterocycles. The van der Waals surface area contributed by atoms with Crippen LogP contribution in [0.15, 0.2) is 62.5 Å². The van der Waals surface area contributed by atoms with Crippen molar-refractivity contribution in [3.8, 4) is 5.75 Å². The number of benzene rings is 3. The van der Waals surface area contributed by atoms with E-state index in [1.807, 2.05) is 13.0 Å². The zero-order valence-electron chi connectivity index (χ0n) is 16.2. The molecule has 11 heteroatoms. The van der Waals surface area contributed by atoms with Gasteiger partial charge in [0.25, 0.3) is 20.2 Å². The van der Waals surface area contributed by atoms with Gasteiger partial charge in [0.05, 0.1) is 18.5 Å². The topological polar surface area (TPSA) is 143 Å². The smallest absolute Gasteiger partial charge is 0.295 e. The van der Waals surface area contributed by atoms with Gasteiger partial charge >= 0.3 is 0 Å². The van der Waals surface area contributed by atoms with Crippen LogP contribution in [0.5, 0.6) is 5.75 Å². The first-order valence-electron chi connectivity index (χ1n) is 8.50. The molecule has 0 fully saturated rings. The standard InChI is InChI=1S/C19H18N2O7S2/c1-11-7-12(2)17(28-3)10-16(11)21-20-13-8-15-14(19(9-13)30(25,26)27)5-4-6-18(15)29(22,23)24/h4-10H,1-3H3,(H,22,23,24)(H,25,26,27). The Hall–Kier alpha value is -2.86. The van der Waals surface area contributed by atoms with Crippen molar-refractivity contribution in [1.82, 2.24) is 0 Å². The minimum absolute atomic E-state index is 0.0369. The van der Waals surface area contributed by atoms with Gasteiger partial charge in [-0.1, -0.05) is 18.2 Å². The molecule has 0 aliphatic heterocycles. The second-order valence-electron chi connectivity index (χ2n) is 6.55. The first-order valence-corrected chi connectivity index (χ1v) is 11.4. The normalized spacial score (nSPS) is 12.6. The van der Waals surface area contributed by atoms with E-state index in [0.717, 1.165) is 23.3 Å². The molecule has 0 bridgehead atoms. The fourth-order valence-corrected chi connectivity index (χ4v) is 4.49. The van der Waals surface area contributed by atoms with Crippen LogP contribution in [0, 0.1) is 13.8 Å². The Morgan fingerprint density at radius 1 is 0.800 bits per heavy atom. The fraction of sp³-hybridized carbons (Fsp3) is 0.158. The SMILES string of the molecule is COc1cc(N=Nc2cc(S(=O)(=O)O)c3cccc(S(=O)(=O)O)c3c2)c(C)cc1C. The Bertz CT molecular complexity index is 1400. The average Bonchev–Trinajstić information content (AvgIpc) is 2.64. The molecule has 9 nitrogen and oxygen atoms in total. The number of methoxy groups -OCH3 is 1. The Balaban J connectivity index is 2.26. The maximum atomic E-state index is 11.9. The van der Waals surface area contributed by atoms with Gasteiger partial charge in [-0.15, -0.1) is 0 Å². The van der Waals surface area contributed by atoms with Crippen LogP contribution >= 0.6 is 0 Å². The van der Waals surface area contributed by atoms with Gasteiger partial charge in [0.2, 0.25) is 0 Å². The van der Waals surface area contributed by atoms with Crippen LogP contribution in [-0.4, -0.2) is 33.1 Å². The molecule has 0 saturated heterocycles. The number of ether oxygens (including phenoxy) is 1. The molecule has 3 rings (SSSR count). The van der Waals surface area contributed by atoms with E-state index in [-0.39, 0.29) is 16.5 Å². The summed E-state index contributed by atoms with van der Waals surface area (Å²) in [6, 6.07) is 9.50. The van der Waals surface area contributed by atoms with Gasteiger partial charge in [0.15, 0.2) is 0 Å². The zero-order chi connectivity index (χ0) is 22.3. The Labute approximate surface area is 173 Å². The molecule has 0 saturated carbocycles. The Kier molecular flexibility index (Phi) is 5.65. The molecule has 0 amide bonds. The van der Waals surface area contributed by atoms with E-state index >= 15 is 0 Å². The minimum Gasteiger partial charge on any atom is -0.496 e. The number of nitrogens with zero attached hydrogens (tertiary/aromatic N) is 2. The van der Waals surface area contributed by atoms with E-state index < -0.39 is 30.0 Å². The quantitative estimate of drug-likeness (QED) is 0.434. The summed E-state index contributed by atoms with van der Waals surface area (Å²) >= 11 is 0. The molecule has 0 radical (unpaired) electrons. The molecule has 0 atom stereocenters. The molecule has 3 aromatic carbocycles. The summed E-state index contributed by atoms with van der Waals surface area (Å²) in [5, 5.41) is 7.91. The molecule has 0 unspecified atom stereocenters. The van der Waals surface area contributed by atoms with Crippen molar-refractivity contribution >= 4 is 42.4 Å². The van der Waals surface area contributed by atoms with Crippen molar-refractivity contribution in [2.24, 2.45) is 10.2 Å².